The van der Waals surface area contributed by atoms with Gasteiger partial charge in [-0.2, -0.15) is 0 Å². The van der Waals surface area contributed by atoms with Gasteiger partial charge >= 0.3 is 0 Å². The summed E-state index contributed by atoms with van der Waals surface area (Å²) in [6.07, 6.45) is 0. The van der Waals surface area contributed by atoms with Gasteiger partial charge in [0.1, 0.15) is 46.0 Å². The highest BCUT2D eigenvalue weighted by Gasteiger charge is 2.15. The molecule has 0 saturated carbocycles. The fourth-order valence-corrected chi connectivity index (χ4v) is 9.50. The molecule has 12 aromatic rings. The lowest BCUT2D eigenvalue weighted by molar-refractivity contribution is 0.482. The Balaban J connectivity index is 0.747. The number of hydrogen-bond donors (Lipinski definition) is 4. The molecule has 0 fully saturated rings. The zero-order valence-electron chi connectivity index (χ0n) is 41.2. The summed E-state index contributed by atoms with van der Waals surface area (Å²) in [5, 5.41) is 3.70. The fraction of sp³-hybridized carbons (Fsp3) is 0. The first kappa shape index (κ1) is 46.6. The van der Waals surface area contributed by atoms with Crippen LogP contribution < -0.4 is 41.9 Å². The third kappa shape index (κ3) is 9.89. The van der Waals surface area contributed by atoms with Gasteiger partial charge in [0.2, 0.25) is 0 Å². The molecular formula is C68H50N4O4. The second-order valence-corrected chi connectivity index (χ2v) is 18.6. The third-order valence-corrected chi connectivity index (χ3v) is 13.6. The van der Waals surface area contributed by atoms with E-state index in [2.05, 4.69) is 78.9 Å². The molecule has 0 aliphatic heterocycles. The molecule has 0 aliphatic carbocycles. The van der Waals surface area contributed by atoms with Gasteiger partial charge in [-0.05, 0) is 189 Å². The maximum atomic E-state index is 6.73. The van der Waals surface area contributed by atoms with Crippen LogP contribution in [0.4, 0.5) is 22.7 Å². The molecule has 0 atom stereocenters. The van der Waals surface area contributed by atoms with E-state index in [0.29, 0.717) is 34.4 Å². The van der Waals surface area contributed by atoms with Gasteiger partial charge in [-0.15, -0.1) is 0 Å². The average molecular weight is 987 g/mol. The summed E-state index contributed by atoms with van der Waals surface area (Å²) in [5.41, 5.74) is 38.1. The lowest BCUT2D eigenvalue weighted by Gasteiger charge is -2.16. The van der Waals surface area contributed by atoms with Gasteiger partial charge in [0.05, 0.1) is 0 Å². The second kappa shape index (κ2) is 20.2. The molecule has 0 bridgehead atoms. The number of fused-ring (bicyclic) bond motifs is 2. The number of hydrogen-bond acceptors (Lipinski definition) is 8. The summed E-state index contributed by atoms with van der Waals surface area (Å²) in [6.45, 7) is 0. The van der Waals surface area contributed by atoms with Gasteiger partial charge in [0, 0.05) is 44.3 Å². The molecule has 0 heterocycles. The Morgan fingerprint density at radius 3 is 1.01 bits per heavy atom. The Morgan fingerprint density at radius 1 is 0.211 bits per heavy atom. The van der Waals surface area contributed by atoms with Crippen molar-refractivity contribution >= 4 is 44.3 Å². The van der Waals surface area contributed by atoms with Gasteiger partial charge in [0.25, 0.3) is 0 Å². The summed E-state index contributed by atoms with van der Waals surface area (Å²) in [4.78, 5) is 0. The zero-order valence-corrected chi connectivity index (χ0v) is 41.2. The Hall–Kier alpha value is -10.4. The Kier molecular flexibility index (Phi) is 12.4. The first-order chi connectivity index (χ1) is 37.2. The molecule has 8 nitrogen and oxygen atoms in total. The standard InChI is InChI=1S/C68H50N4O4/c69-51-20-5-43(6-21-51)44-9-24-53(25-10-44)73-54-26-11-45(12-27-54)46-13-28-55(29-14-46)74-58-34-36-59(49-7-22-52(70)23-8-49)63(42-58)50-19-35-62-64(41-50)66(72)38-40-68(62)76-57-32-17-48(18-33-57)47-15-30-56(31-16-47)75-67-39-37-65(71)60-3-1-2-4-61(60)67/h1-42H,69-72H2. The van der Waals surface area contributed by atoms with E-state index in [1.807, 2.05) is 176 Å². The zero-order chi connectivity index (χ0) is 51.5. The lowest BCUT2D eigenvalue weighted by atomic mass is 9.92. The summed E-state index contributed by atoms with van der Waals surface area (Å²) in [5.74, 6) is 5.81. The minimum absolute atomic E-state index is 0.640. The first-order valence-electron chi connectivity index (χ1n) is 24.9. The number of ether oxygens (including phenoxy) is 4. The highest BCUT2D eigenvalue weighted by Crippen LogP contribution is 2.42. The van der Waals surface area contributed by atoms with Gasteiger partial charge in [-0.3, -0.25) is 0 Å². The van der Waals surface area contributed by atoms with E-state index in [0.717, 1.165) is 112 Å². The van der Waals surface area contributed by atoms with Crippen LogP contribution in [0.25, 0.3) is 77.2 Å². The lowest BCUT2D eigenvalue weighted by Crippen LogP contribution is -1.93. The van der Waals surface area contributed by atoms with Gasteiger partial charge in [-0.25, -0.2) is 0 Å². The topological polar surface area (TPSA) is 141 Å². The van der Waals surface area contributed by atoms with Crippen LogP contribution in [0.1, 0.15) is 0 Å². The molecule has 366 valence electrons. The molecule has 76 heavy (non-hydrogen) atoms. The van der Waals surface area contributed by atoms with Crippen molar-refractivity contribution in [3.63, 3.8) is 0 Å². The number of rotatable bonds is 13. The highest BCUT2D eigenvalue weighted by atomic mass is 16.5. The van der Waals surface area contributed by atoms with E-state index in [-0.39, 0.29) is 0 Å². The predicted molar refractivity (Wildman–Crippen MR) is 312 cm³/mol. The molecule has 0 aliphatic rings. The van der Waals surface area contributed by atoms with Crippen molar-refractivity contribution in [2.45, 2.75) is 0 Å². The second-order valence-electron chi connectivity index (χ2n) is 18.6. The molecule has 0 spiro atoms. The average Bonchev–Trinajstić information content (AvgIpc) is 3.47. The van der Waals surface area contributed by atoms with Crippen molar-refractivity contribution in [3.8, 4) is 102 Å². The molecule has 0 amide bonds. The number of nitrogens with two attached hydrogens (primary N) is 4. The van der Waals surface area contributed by atoms with Crippen molar-refractivity contribution in [3.05, 3.63) is 255 Å². The van der Waals surface area contributed by atoms with Crippen LogP contribution in [0.2, 0.25) is 0 Å². The van der Waals surface area contributed by atoms with Gasteiger partial charge in [-0.1, -0.05) is 121 Å². The monoisotopic (exact) mass is 986 g/mol. The number of nitrogen functional groups attached to an aromatic ring is 4. The van der Waals surface area contributed by atoms with E-state index in [4.69, 9.17) is 41.9 Å². The molecule has 0 radical (unpaired) electrons. The van der Waals surface area contributed by atoms with E-state index < -0.39 is 0 Å². The van der Waals surface area contributed by atoms with Crippen molar-refractivity contribution in [2.75, 3.05) is 22.9 Å². The molecule has 0 aromatic heterocycles. The van der Waals surface area contributed by atoms with Crippen LogP contribution in [0.5, 0.6) is 46.0 Å². The van der Waals surface area contributed by atoms with Crippen LogP contribution in [-0.2, 0) is 0 Å². The molecule has 8 N–H and O–H groups in total. The van der Waals surface area contributed by atoms with E-state index >= 15 is 0 Å². The third-order valence-electron chi connectivity index (χ3n) is 13.6. The summed E-state index contributed by atoms with van der Waals surface area (Å²) in [6, 6.07) is 84.1. The first-order valence-corrected chi connectivity index (χ1v) is 24.9. The van der Waals surface area contributed by atoms with Crippen molar-refractivity contribution in [1.82, 2.24) is 0 Å². The normalized spacial score (nSPS) is 11.1. The van der Waals surface area contributed by atoms with Crippen LogP contribution in [-0.4, -0.2) is 0 Å². The summed E-state index contributed by atoms with van der Waals surface area (Å²) >= 11 is 0. The number of anilines is 4. The maximum absolute atomic E-state index is 6.73. The minimum atomic E-state index is 0.640. The predicted octanol–water partition coefficient (Wildman–Crippen LogP) is 17.8. The SMILES string of the molecule is Nc1ccc(-c2ccc(Oc3ccc(-c4ccc(Oc5ccc(-c6ccc(N)cc6)c(-c6ccc7c(Oc8ccc(-c9ccc(Oc%10ccc(N)c%11ccccc%10%11)cc9)cc8)ccc(N)c7c6)c5)cc4)cc3)cc2)cc1. The number of benzene rings is 12. The van der Waals surface area contributed by atoms with Crippen LogP contribution in [0, 0.1) is 0 Å². The molecule has 8 heteroatoms. The van der Waals surface area contributed by atoms with E-state index in [1.54, 1.807) is 0 Å². The quantitative estimate of drug-likeness (QED) is 0.0837. The largest absolute Gasteiger partial charge is 0.457 e. The molecule has 12 aromatic carbocycles. The highest BCUT2D eigenvalue weighted by molar-refractivity contribution is 6.01. The molecule has 0 saturated heterocycles. The Labute approximate surface area is 440 Å². The van der Waals surface area contributed by atoms with Crippen molar-refractivity contribution < 1.29 is 18.9 Å². The van der Waals surface area contributed by atoms with Crippen LogP contribution in [0.3, 0.4) is 0 Å². The van der Waals surface area contributed by atoms with Gasteiger partial charge in [0.15, 0.2) is 0 Å². The van der Waals surface area contributed by atoms with E-state index in [9.17, 15) is 0 Å². The smallest absolute Gasteiger partial charge is 0.135 e. The van der Waals surface area contributed by atoms with Crippen molar-refractivity contribution in [1.29, 1.82) is 0 Å². The fourth-order valence-electron chi connectivity index (χ4n) is 9.50. The Bertz CT molecular complexity index is 4030. The Morgan fingerprint density at radius 2 is 0.553 bits per heavy atom. The van der Waals surface area contributed by atoms with Crippen LogP contribution >= 0.6 is 0 Å². The molecule has 12 rings (SSSR count). The van der Waals surface area contributed by atoms with Crippen molar-refractivity contribution in [2.24, 2.45) is 0 Å². The molecular weight excluding hydrogens is 937 g/mol. The van der Waals surface area contributed by atoms with Crippen LogP contribution in [0.15, 0.2) is 255 Å². The summed E-state index contributed by atoms with van der Waals surface area (Å²) in [7, 11) is 0. The molecule has 0 unspecified atom stereocenters. The summed E-state index contributed by atoms with van der Waals surface area (Å²) < 4.78 is 25.6. The van der Waals surface area contributed by atoms with Gasteiger partial charge < -0.3 is 41.9 Å². The maximum Gasteiger partial charge on any atom is 0.135 e. The van der Waals surface area contributed by atoms with E-state index in [1.165, 1.54) is 0 Å². The minimum Gasteiger partial charge on any atom is -0.457 e.